The summed E-state index contributed by atoms with van der Waals surface area (Å²) >= 11 is 0. The summed E-state index contributed by atoms with van der Waals surface area (Å²) in [7, 11) is -1.49. The predicted molar refractivity (Wildman–Crippen MR) is 133 cm³/mol. The SMILES string of the molecule is CNCC(=O)N=S(C)(=O)c1cccc(NC(=O)c2c(N3CCCC(F)(F)CC3)ncc(C#N)c2C)c1. The predicted octanol–water partition coefficient (Wildman–Crippen LogP) is 3.34. The van der Waals surface area contributed by atoms with E-state index in [4.69, 9.17) is 0 Å². The summed E-state index contributed by atoms with van der Waals surface area (Å²) in [5, 5.41) is 14.8. The van der Waals surface area contributed by atoms with E-state index in [1.165, 1.54) is 18.5 Å². The third kappa shape index (κ3) is 6.41. The minimum Gasteiger partial charge on any atom is -0.356 e. The zero-order chi connectivity index (χ0) is 26.5. The summed E-state index contributed by atoms with van der Waals surface area (Å²) in [6.45, 7) is 1.85. The maximum absolute atomic E-state index is 13.9. The van der Waals surface area contributed by atoms with Gasteiger partial charge in [-0.05, 0) is 44.2 Å². The lowest BCUT2D eigenvalue weighted by molar-refractivity contribution is -0.116. The van der Waals surface area contributed by atoms with E-state index in [2.05, 4.69) is 20.0 Å². The van der Waals surface area contributed by atoms with E-state index in [0.717, 1.165) is 0 Å². The van der Waals surface area contributed by atoms with Crippen LogP contribution in [0.2, 0.25) is 0 Å². The van der Waals surface area contributed by atoms with Crippen molar-refractivity contribution in [3.63, 3.8) is 0 Å². The van der Waals surface area contributed by atoms with Gasteiger partial charge in [-0.3, -0.25) is 9.59 Å². The van der Waals surface area contributed by atoms with Gasteiger partial charge in [0.1, 0.15) is 11.9 Å². The molecule has 12 heteroatoms. The number of hydrogen-bond acceptors (Lipinski definition) is 7. The van der Waals surface area contributed by atoms with Crippen molar-refractivity contribution in [3.05, 3.63) is 47.2 Å². The van der Waals surface area contributed by atoms with Crippen molar-refractivity contribution in [2.24, 2.45) is 4.36 Å². The van der Waals surface area contributed by atoms with E-state index in [1.54, 1.807) is 37.1 Å². The minimum absolute atomic E-state index is 0.0150. The van der Waals surface area contributed by atoms with Crippen molar-refractivity contribution in [1.82, 2.24) is 10.3 Å². The molecule has 0 saturated carbocycles. The fourth-order valence-electron chi connectivity index (χ4n) is 3.92. The van der Waals surface area contributed by atoms with Crippen molar-refractivity contribution in [1.29, 1.82) is 5.26 Å². The monoisotopic (exact) mass is 518 g/mol. The van der Waals surface area contributed by atoms with Gasteiger partial charge in [0.2, 0.25) is 5.92 Å². The normalized spacial score (nSPS) is 16.8. The van der Waals surface area contributed by atoms with Gasteiger partial charge in [-0.15, -0.1) is 0 Å². The van der Waals surface area contributed by atoms with Crippen molar-refractivity contribution < 1.29 is 22.6 Å². The van der Waals surface area contributed by atoms with Crippen LogP contribution in [-0.4, -0.2) is 59.9 Å². The zero-order valence-electron chi connectivity index (χ0n) is 20.3. The van der Waals surface area contributed by atoms with Crippen molar-refractivity contribution in [3.8, 4) is 6.07 Å². The number of hydrogen-bond donors (Lipinski definition) is 2. The standard InChI is InChI=1S/C24H28F2N6O3S/c1-16-17(13-27)14-29-22(32-10-5-8-24(25,26)9-11-32)21(16)23(34)30-18-6-4-7-19(12-18)36(3,35)31-20(33)15-28-2/h4,6-7,12,14,28H,5,8-11,15H2,1-3H3,(H,30,34). The molecule has 1 aliphatic rings. The summed E-state index contributed by atoms with van der Waals surface area (Å²) in [5.74, 6) is -3.72. The van der Waals surface area contributed by atoms with Crippen LogP contribution in [0.3, 0.4) is 0 Å². The fourth-order valence-corrected chi connectivity index (χ4v) is 5.16. The quantitative estimate of drug-likeness (QED) is 0.600. The van der Waals surface area contributed by atoms with Gasteiger partial charge < -0.3 is 15.5 Å². The van der Waals surface area contributed by atoms with E-state index < -0.39 is 27.5 Å². The number of halogens is 2. The average Bonchev–Trinajstić information content (AvgIpc) is 2.99. The first-order chi connectivity index (χ1) is 17.0. The second-order valence-electron chi connectivity index (χ2n) is 8.60. The number of anilines is 2. The lowest BCUT2D eigenvalue weighted by Crippen LogP contribution is -2.30. The molecule has 2 amide bonds. The molecule has 192 valence electrons. The number of nitrogens with one attached hydrogen (secondary N) is 2. The summed E-state index contributed by atoms with van der Waals surface area (Å²) in [5.41, 5.74) is 0.963. The molecule has 1 aromatic carbocycles. The van der Waals surface area contributed by atoms with Gasteiger partial charge in [0.25, 0.3) is 11.8 Å². The number of aromatic nitrogens is 1. The Balaban J connectivity index is 1.96. The van der Waals surface area contributed by atoms with E-state index in [1.807, 2.05) is 6.07 Å². The molecule has 0 spiro atoms. The second kappa shape index (κ2) is 11.1. The highest BCUT2D eigenvalue weighted by atomic mass is 32.2. The summed E-state index contributed by atoms with van der Waals surface area (Å²) in [6.07, 6.45) is 2.29. The Kier molecular flexibility index (Phi) is 8.37. The number of carbonyl (C=O) groups is 2. The van der Waals surface area contributed by atoms with Gasteiger partial charge in [0.15, 0.2) is 0 Å². The lowest BCUT2D eigenvalue weighted by atomic mass is 10.0. The van der Waals surface area contributed by atoms with Gasteiger partial charge in [-0.2, -0.15) is 9.62 Å². The van der Waals surface area contributed by atoms with Gasteiger partial charge >= 0.3 is 0 Å². The van der Waals surface area contributed by atoms with Crippen molar-refractivity contribution in [2.45, 2.75) is 37.0 Å². The second-order valence-corrected chi connectivity index (χ2v) is 10.9. The smallest absolute Gasteiger partial charge is 0.267 e. The van der Waals surface area contributed by atoms with E-state index >= 15 is 0 Å². The Bertz CT molecular complexity index is 1330. The number of amides is 2. The van der Waals surface area contributed by atoms with Crippen LogP contribution in [0.1, 0.15) is 40.7 Å². The topological polar surface area (TPSA) is 128 Å². The molecule has 3 rings (SSSR count). The lowest BCUT2D eigenvalue weighted by Gasteiger charge is -2.25. The van der Waals surface area contributed by atoms with Crippen LogP contribution in [0.15, 0.2) is 39.7 Å². The van der Waals surface area contributed by atoms with Gasteiger partial charge in [-0.1, -0.05) is 6.07 Å². The van der Waals surface area contributed by atoms with Gasteiger partial charge in [0.05, 0.1) is 27.4 Å². The van der Waals surface area contributed by atoms with E-state index in [9.17, 15) is 27.8 Å². The summed E-state index contributed by atoms with van der Waals surface area (Å²) in [6, 6.07) is 8.15. The molecule has 1 aromatic heterocycles. The van der Waals surface area contributed by atoms with Crippen LogP contribution in [0.4, 0.5) is 20.3 Å². The number of pyridine rings is 1. The average molecular weight is 519 g/mol. The van der Waals surface area contributed by atoms with Crippen LogP contribution in [0.25, 0.3) is 0 Å². The Hall–Kier alpha value is -3.43. The highest BCUT2D eigenvalue weighted by molar-refractivity contribution is 7.93. The van der Waals surface area contributed by atoms with Crippen LogP contribution < -0.4 is 15.5 Å². The Morgan fingerprint density at radius 1 is 1.31 bits per heavy atom. The largest absolute Gasteiger partial charge is 0.356 e. The van der Waals surface area contributed by atoms with Gasteiger partial charge in [0, 0.05) is 49.0 Å². The first-order valence-electron chi connectivity index (χ1n) is 11.3. The zero-order valence-corrected chi connectivity index (χ0v) is 21.1. The minimum atomic E-state index is -3.06. The maximum Gasteiger partial charge on any atom is 0.267 e. The van der Waals surface area contributed by atoms with Crippen LogP contribution >= 0.6 is 0 Å². The van der Waals surface area contributed by atoms with Crippen molar-refractivity contribution >= 4 is 33.0 Å². The molecule has 1 unspecified atom stereocenters. The molecule has 0 radical (unpaired) electrons. The Morgan fingerprint density at radius 2 is 2.06 bits per heavy atom. The number of benzene rings is 1. The van der Waals surface area contributed by atoms with Crippen LogP contribution in [0, 0.1) is 18.3 Å². The first-order valence-corrected chi connectivity index (χ1v) is 13.2. The summed E-state index contributed by atoms with van der Waals surface area (Å²) in [4.78, 5) is 31.5. The van der Waals surface area contributed by atoms with E-state index in [-0.39, 0.29) is 54.2 Å². The number of nitriles is 1. The van der Waals surface area contributed by atoms with Crippen molar-refractivity contribution in [2.75, 3.05) is 43.2 Å². The Labute approximate surface area is 209 Å². The molecule has 36 heavy (non-hydrogen) atoms. The first kappa shape index (κ1) is 27.2. The van der Waals surface area contributed by atoms with Gasteiger partial charge in [-0.25, -0.2) is 18.0 Å². The number of nitrogens with zero attached hydrogens (tertiary/aromatic N) is 4. The molecule has 9 nitrogen and oxygen atoms in total. The Morgan fingerprint density at radius 3 is 2.75 bits per heavy atom. The number of carbonyl (C=O) groups excluding carboxylic acids is 2. The highest BCUT2D eigenvalue weighted by Gasteiger charge is 2.33. The summed E-state index contributed by atoms with van der Waals surface area (Å²) < 4.78 is 44.7. The third-order valence-corrected chi connectivity index (χ3v) is 7.50. The fraction of sp³-hybridized carbons (Fsp3) is 0.417. The van der Waals surface area contributed by atoms with Crippen LogP contribution in [0.5, 0.6) is 0 Å². The molecule has 2 N–H and O–H groups in total. The number of rotatable bonds is 6. The molecule has 1 atom stereocenters. The molecule has 0 aliphatic carbocycles. The number of likely N-dealkylation sites (N-methyl/N-ethyl adjacent to an activating group) is 1. The molecule has 1 aliphatic heterocycles. The molecule has 2 aromatic rings. The molecular formula is C24H28F2N6O3S. The number of alkyl halides is 2. The molecule has 2 heterocycles. The highest BCUT2D eigenvalue weighted by Crippen LogP contribution is 2.32. The maximum atomic E-state index is 13.9. The third-order valence-electron chi connectivity index (χ3n) is 5.82. The molecular weight excluding hydrogens is 490 g/mol. The molecule has 1 saturated heterocycles. The van der Waals surface area contributed by atoms with Crippen LogP contribution in [-0.2, 0) is 14.5 Å². The van der Waals surface area contributed by atoms with E-state index in [0.29, 0.717) is 17.8 Å². The molecule has 0 bridgehead atoms. The molecule has 1 fully saturated rings.